The molecule has 2 aromatic rings. The topological polar surface area (TPSA) is 35.0 Å². The number of aromatic nitrogens is 2. The third kappa shape index (κ3) is 2.50. The molecule has 3 rings (SSSR count). The van der Waals surface area contributed by atoms with Crippen LogP contribution in [0.4, 0.5) is 0 Å². The van der Waals surface area contributed by atoms with Gasteiger partial charge in [0.2, 0.25) is 0 Å². The van der Waals surface area contributed by atoms with Crippen molar-refractivity contribution >= 4 is 15.9 Å². The van der Waals surface area contributed by atoms with E-state index in [1.165, 1.54) is 5.56 Å². The van der Waals surface area contributed by atoms with Crippen molar-refractivity contribution in [2.24, 2.45) is 0 Å². The van der Waals surface area contributed by atoms with Crippen LogP contribution in [0.2, 0.25) is 0 Å². The summed E-state index contributed by atoms with van der Waals surface area (Å²) in [5.41, 5.74) is 3.27. The minimum Gasteiger partial charge on any atom is -0.492 e. The summed E-state index contributed by atoms with van der Waals surface area (Å²) in [4.78, 5) is 9.06. The van der Waals surface area contributed by atoms with Crippen molar-refractivity contribution in [1.29, 1.82) is 0 Å². The molecule has 0 N–H and O–H groups in total. The van der Waals surface area contributed by atoms with Gasteiger partial charge in [0, 0.05) is 18.4 Å². The maximum absolute atomic E-state index is 5.75. The number of ether oxygens (including phenoxy) is 1. The van der Waals surface area contributed by atoms with Crippen LogP contribution in [0.25, 0.3) is 11.3 Å². The van der Waals surface area contributed by atoms with Crippen LogP contribution in [0.1, 0.15) is 24.7 Å². The van der Waals surface area contributed by atoms with Crippen molar-refractivity contribution in [2.75, 3.05) is 6.61 Å². The summed E-state index contributed by atoms with van der Waals surface area (Å²) in [6.07, 6.45) is 2.92. The van der Waals surface area contributed by atoms with E-state index in [2.05, 4.69) is 51.0 Å². The summed E-state index contributed by atoms with van der Waals surface area (Å²) in [6, 6.07) is 8.21. The van der Waals surface area contributed by atoms with E-state index in [-0.39, 0.29) is 0 Å². The molecule has 0 aliphatic carbocycles. The molecule has 1 aromatic carbocycles. The van der Waals surface area contributed by atoms with E-state index in [0.29, 0.717) is 0 Å². The molecule has 19 heavy (non-hydrogen) atoms. The minimum atomic E-state index is 0.764. The predicted molar refractivity (Wildman–Crippen MR) is 78.4 cm³/mol. The van der Waals surface area contributed by atoms with E-state index in [0.717, 1.165) is 53.3 Å². The first-order valence-corrected chi connectivity index (χ1v) is 7.35. The highest BCUT2D eigenvalue weighted by atomic mass is 79.9. The Morgan fingerprint density at radius 3 is 3.05 bits per heavy atom. The molecule has 1 aliphatic heterocycles. The smallest absolute Gasteiger partial charge is 0.132 e. The second-order valence-electron chi connectivity index (χ2n) is 4.63. The number of benzene rings is 1. The minimum absolute atomic E-state index is 0.764. The van der Waals surface area contributed by atoms with Crippen LogP contribution in [0.5, 0.6) is 5.75 Å². The van der Waals surface area contributed by atoms with Crippen molar-refractivity contribution in [3.8, 4) is 17.0 Å². The molecular formula is C15H15BrN2O. The van der Waals surface area contributed by atoms with Crippen molar-refractivity contribution in [3.63, 3.8) is 0 Å². The van der Waals surface area contributed by atoms with E-state index < -0.39 is 0 Å². The predicted octanol–water partition coefficient (Wildman–Crippen LogP) is 3.79. The summed E-state index contributed by atoms with van der Waals surface area (Å²) in [7, 11) is 0. The van der Waals surface area contributed by atoms with Gasteiger partial charge < -0.3 is 4.74 Å². The Morgan fingerprint density at radius 2 is 2.21 bits per heavy atom. The fourth-order valence-corrected chi connectivity index (χ4v) is 2.78. The molecular weight excluding hydrogens is 304 g/mol. The first-order chi connectivity index (χ1) is 9.28. The molecule has 0 saturated heterocycles. The molecule has 0 radical (unpaired) electrons. The molecule has 4 heteroatoms. The monoisotopic (exact) mass is 318 g/mol. The first kappa shape index (κ1) is 12.6. The molecule has 0 bridgehead atoms. The zero-order chi connectivity index (χ0) is 13.2. The van der Waals surface area contributed by atoms with E-state index in [1.54, 1.807) is 0 Å². The Hall–Kier alpha value is -1.42. The number of aryl methyl sites for hydroxylation is 1. The van der Waals surface area contributed by atoms with E-state index >= 15 is 0 Å². The van der Waals surface area contributed by atoms with Gasteiger partial charge >= 0.3 is 0 Å². The normalized spacial score (nSPS) is 13.2. The highest BCUT2D eigenvalue weighted by Crippen LogP contribution is 2.36. The summed E-state index contributed by atoms with van der Waals surface area (Å²) in [5, 5.41) is 0. The third-order valence-electron chi connectivity index (χ3n) is 3.21. The van der Waals surface area contributed by atoms with Gasteiger partial charge in [0.25, 0.3) is 0 Å². The van der Waals surface area contributed by atoms with Gasteiger partial charge in [-0.15, -0.1) is 0 Å². The summed E-state index contributed by atoms with van der Waals surface area (Å²) >= 11 is 3.47. The second-order valence-corrected chi connectivity index (χ2v) is 5.45. The van der Waals surface area contributed by atoms with Crippen molar-refractivity contribution in [1.82, 2.24) is 9.97 Å². The van der Waals surface area contributed by atoms with Crippen molar-refractivity contribution < 1.29 is 4.74 Å². The standard InChI is InChI=1S/C15H15BrN2O/c1-2-4-14-17-12(9-13(16)18-14)11-6-3-5-10-7-8-19-15(10)11/h3,5-6,9H,2,4,7-8H2,1H3. The lowest BCUT2D eigenvalue weighted by molar-refractivity contribution is 0.358. The Bertz CT molecular complexity index is 613. The quantitative estimate of drug-likeness (QED) is 0.807. The van der Waals surface area contributed by atoms with Gasteiger partial charge in [0.15, 0.2) is 0 Å². The lowest BCUT2D eigenvalue weighted by atomic mass is 10.1. The molecule has 2 heterocycles. The zero-order valence-corrected chi connectivity index (χ0v) is 12.4. The van der Waals surface area contributed by atoms with E-state index in [4.69, 9.17) is 4.74 Å². The first-order valence-electron chi connectivity index (χ1n) is 6.56. The van der Waals surface area contributed by atoms with Gasteiger partial charge in [-0.25, -0.2) is 9.97 Å². The van der Waals surface area contributed by atoms with Gasteiger partial charge in [0.1, 0.15) is 16.2 Å². The average Bonchev–Trinajstić information content (AvgIpc) is 2.86. The van der Waals surface area contributed by atoms with Gasteiger partial charge in [0.05, 0.1) is 12.3 Å². The molecule has 0 fully saturated rings. The van der Waals surface area contributed by atoms with Crippen LogP contribution < -0.4 is 4.74 Å². The van der Waals surface area contributed by atoms with Gasteiger partial charge in [-0.1, -0.05) is 19.1 Å². The molecule has 0 saturated carbocycles. The fourth-order valence-electron chi connectivity index (χ4n) is 2.35. The molecule has 1 aromatic heterocycles. The Kier molecular flexibility index (Phi) is 3.51. The third-order valence-corrected chi connectivity index (χ3v) is 3.61. The molecule has 98 valence electrons. The van der Waals surface area contributed by atoms with Gasteiger partial charge in [-0.05, 0) is 40.0 Å². The molecule has 3 nitrogen and oxygen atoms in total. The maximum atomic E-state index is 5.75. The number of nitrogens with zero attached hydrogens (tertiary/aromatic N) is 2. The van der Waals surface area contributed by atoms with Crippen LogP contribution in [0.3, 0.4) is 0 Å². The Morgan fingerprint density at radius 1 is 1.32 bits per heavy atom. The highest BCUT2D eigenvalue weighted by Gasteiger charge is 2.18. The lowest BCUT2D eigenvalue weighted by Crippen LogP contribution is -1.98. The molecule has 0 atom stereocenters. The molecule has 0 unspecified atom stereocenters. The van der Waals surface area contributed by atoms with E-state index in [9.17, 15) is 0 Å². The second kappa shape index (κ2) is 5.29. The highest BCUT2D eigenvalue weighted by molar-refractivity contribution is 9.10. The molecule has 1 aliphatic rings. The molecule has 0 spiro atoms. The Labute approximate surface area is 121 Å². The van der Waals surface area contributed by atoms with Crippen molar-refractivity contribution in [2.45, 2.75) is 26.2 Å². The summed E-state index contributed by atoms with van der Waals surface area (Å²) < 4.78 is 6.58. The SMILES string of the molecule is CCCc1nc(Br)cc(-c2cccc3c2OCC3)n1. The fraction of sp³-hybridized carbons (Fsp3) is 0.333. The number of rotatable bonds is 3. The Balaban J connectivity index is 2.09. The number of hydrogen-bond donors (Lipinski definition) is 0. The largest absolute Gasteiger partial charge is 0.492 e. The van der Waals surface area contributed by atoms with E-state index in [1.807, 2.05) is 6.07 Å². The van der Waals surface area contributed by atoms with Gasteiger partial charge in [-0.3, -0.25) is 0 Å². The summed E-state index contributed by atoms with van der Waals surface area (Å²) in [5.74, 6) is 1.86. The van der Waals surface area contributed by atoms with Crippen molar-refractivity contribution in [3.05, 3.63) is 40.3 Å². The lowest BCUT2D eigenvalue weighted by Gasteiger charge is -2.09. The van der Waals surface area contributed by atoms with Crippen LogP contribution in [-0.4, -0.2) is 16.6 Å². The molecule has 0 amide bonds. The zero-order valence-electron chi connectivity index (χ0n) is 10.8. The van der Waals surface area contributed by atoms with Crippen LogP contribution >= 0.6 is 15.9 Å². The van der Waals surface area contributed by atoms with Gasteiger partial charge in [-0.2, -0.15) is 0 Å². The number of para-hydroxylation sites is 1. The summed E-state index contributed by atoms with van der Waals surface area (Å²) in [6.45, 7) is 2.90. The average molecular weight is 319 g/mol. The number of fused-ring (bicyclic) bond motifs is 1. The number of hydrogen-bond acceptors (Lipinski definition) is 3. The maximum Gasteiger partial charge on any atom is 0.132 e. The van der Waals surface area contributed by atoms with Crippen LogP contribution in [-0.2, 0) is 12.8 Å². The van der Waals surface area contributed by atoms with Crippen LogP contribution in [0.15, 0.2) is 28.9 Å². The number of halogens is 1. The van der Waals surface area contributed by atoms with Crippen LogP contribution in [0, 0.1) is 0 Å².